The van der Waals surface area contributed by atoms with Crippen molar-refractivity contribution in [2.24, 2.45) is 17.8 Å². The number of nitrogens with zero attached hydrogens (tertiary/aromatic N) is 2. The van der Waals surface area contributed by atoms with Crippen LogP contribution in [-0.4, -0.2) is 54.0 Å². The number of likely N-dealkylation sites (tertiary alicyclic amines) is 2. The highest BCUT2D eigenvalue weighted by atomic mass is 19.4. The van der Waals surface area contributed by atoms with Crippen molar-refractivity contribution in [3.63, 3.8) is 0 Å². The summed E-state index contributed by atoms with van der Waals surface area (Å²) < 4.78 is 39.8. The fraction of sp³-hybridized carbons (Fsp3) is 0.895. The van der Waals surface area contributed by atoms with Crippen molar-refractivity contribution in [1.29, 1.82) is 0 Å². The van der Waals surface area contributed by atoms with Crippen LogP contribution in [0.4, 0.5) is 13.2 Å². The maximum atomic E-state index is 13.3. The summed E-state index contributed by atoms with van der Waals surface area (Å²) in [5.41, 5.74) is 0. The Morgan fingerprint density at radius 2 is 1.42 bits per heavy atom. The maximum absolute atomic E-state index is 13.3. The van der Waals surface area contributed by atoms with Gasteiger partial charge in [0.05, 0.1) is 5.92 Å². The molecule has 7 heteroatoms. The summed E-state index contributed by atoms with van der Waals surface area (Å²) in [7, 11) is 0. The van der Waals surface area contributed by atoms with E-state index in [2.05, 4.69) is 0 Å². The Bertz CT molecular complexity index is 509. The number of hydrogen-bond donors (Lipinski definition) is 0. The SMILES string of the molecule is O=C(CC1CCN(C(=O)[C@@H]2CCCC[C@H]2C(F)(F)F)CC1)N1CCCC1. The van der Waals surface area contributed by atoms with E-state index in [0.717, 1.165) is 25.9 Å². The average molecular weight is 374 g/mol. The molecule has 0 radical (unpaired) electrons. The van der Waals surface area contributed by atoms with Crippen molar-refractivity contribution in [3.05, 3.63) is 0 Å². The van der Waals surface area contributed by atoms with Gasteiger partial charge in [0.2, 0.25) is 11.8 Å². The summed E-state index contributed by atoms with van der Waals surface area (Å²) >= 11 is 0. The standard InChI is InChI=1S/C19H29F3N2O2/c20-19(21,22)16-6-2-1-5-15(16)18(26)24-11-7-14(8-12-24)13-17(25)23-9-3-4-10-23/h14-16H,1-13H2/t15-,16-/m1/s1. The van der Waals surface area contributed by atoms with E-state index >= 15 is 0 Å². The molecule has 0 bridgehead atoms. The first kappa shape index (κ1) is 19.5. The van der Waals surface area contributed by atoms with E-state index in [1.807, 2.05) is 4.90 Å². The van der Waals surface area contributed by atoms with Crippen LogP contribution in [0.15, 0.2) is 0 Å². The lowest BCUT2D eigenvalue weighted by atomic mass is 9.77. The molecule has 26 heavy (non-hydrogen) atoms. The van der Waals surface area contributed by atoms with Gasteiger partial charge in [-0.05, 0) is 44.4 Å². The highest BCUT2D eigenvalue weighted by Crippen LogP contribution is 2.42. The number of hydrogen-bond acceptors (Lipinski definition) is 2. The Hall–Kier alpha value is -1.27. The molecule has 3 aliphatic rings. The van der Waals surface area contributed by atoms with Crippen molar-refractivity contribution >= 4 is 11.8 Å². The lowest BCUT2D eigenvalue weighted by molar-refractivity contribution is -0.201. The molecule has 0 unspecified atom stereocenters. The fourth-order valence-corrected chi connectivity index (χ4v) is 4.75. The second kappa shape index (κ2) is 8.17. The molecule has 2 amide bonds. The van der Waals surface area contributed by atoms with Gasteiger partial charge in [0, 0.05) is 38.5 Å². The van der Waals surface area contributed by atoms with Gasteiger partial charge in [-0.15, -0.1) is 0 Å². The zero-order chi connectivity index (χ0) is 18.7. The van der Waals surface area contributed by atoms with E-state index in [0.29, 0.717) is 51.6 Å². The third kappa shape index (κ3) is 4.52. The third-order valence-corrected chi connectivity index (χ3v) is 6.35. The van der Waals surface area contributed by atoms with Gasteiger partial charge in [-0.2, -0.15) is 13.2 Å². The molecule has 4 nitrogen and oxygen atoms in total. The monoisotopic (exact) mass is 374 g/mol. The van der Waals surface area contributed by atoms with E-state index in [-0.39, 0.29) is 24.2 Å². The molecule has 2 saturated heterocycles. The first-order valence-electron chi connectivity index (χ1n) is 9.99. The number of rotatable bonds is 3. The van der Waals surface area contributed by atoms with Crippen LogP contribution in [0.5, 0.6) is 0 Å². The van der Waals surface area contributed by atoms with E-state index in [9.17, 15) is 22.8 Å². The molecule has 3 fully saturated rings. The molecule has 0 N–H and O–H groups in total. The topological polar surface area (TPSA) is 40.6 Å². The van der Waals surface area contributed by atoms with Crippen molar-refractivity contribution in [2.75, 3.05) is 26.2 Å². The van der Waals surface area contributed by atoms with Crippen LogP contribution in [0.25, 0.3) is 0 Å². The van der Waals surface area contributed by atoms with Gasteiger partial charge >= 0.3 is 6.18 Å². The first-order chi connectivity index (χ1) is 12.4. The summed E-state index contributed by atoms with van der Waals surface area (Å²) in [6, 6.07) is 0. The summed E-state index contributed by atoms with van der Waals surface area (Å²) in [5, 5.41) is 0. The Balaban J connectivity index is 1.50. The summed E-state index contributed by atoms with van der Waals surface area (Å²) in [6.45, 7) is 2.66. The zero-order valence-corrected chi connectivity index (χ0v) is 15.3. The number of amides is 2. The second-order valence-electron chi connectivity index (χ2n) is 8.10. The first-order valence-corrected chi connectivity index (χ1v) is 9.99. The smallest absolute Gasteiger partial charge is 0.343 e. The Morgan fingerprint density at radius 1 is 0.808 bits per heavy atom. The van der Waals surface area contributed by atoms with Crippen LogP contribution in [0.3, 0.4) is 0 Å². The molecule has 2 atom stereocenters. The van der Waals surface area contributed by atoms with Crippen molar-refractivity contribution in [1.82, 2.24) is 9.80 Å². The molecule has 1 aliphatic carbocycles. The molecule has 0 aromatic rings. The average Bonchev–Trinajstić information content (AvgIpc) is 3.16. The van der Waals surface area contributed by atoms with Gasteiger partial charge < -0.3 is 9.80 Å². The quantitative estimate of drug-likeness (QED) is 0.757. The number of halogens is 3. The van der Waals surface area contributed by atoms with Crippen LogP contribution in [0.2, 0.25) is 0 Å². The number of carbonyl (C=O) groups excluding carboxylic acids is 2. The molecule has 2 aliphatic heterocycles. The maximum Gasteiger partial charge on any atom is 0.392 e. The minimum absolute atomic E-state index is 0.0701. The van der Waals surface area contributed by atoms with Gasteiger partial charge in [0.15, 0.2) is 0 Å². The lowest BCUT2D eigenvalue weighted by Crippen LogP contribution is -2.47. The number of piperidine rings is 1. The normalized spacial score (nSPS) is 28.4. The summed E-state index contributed by atoms with van der Waals surface area (Å²) in [5.74, 6) is -2.28. The van der Waals surface area contributed by atoms with Crippen molar-refractivity contribution < 1.29 is 22.8 Å². The van der Waals surface area contributed by atoms with Gasteiger partial charge in [-0.25, -0.2) is 0 Å². The third-order valence-electron chi connectivity index (χ3n) is 6.35. The Morgan fingerprint density at radius 3 is 2.04 bits per heavy atom. The predicted octanol–water partition coefficient (Wildman–Crippen LogP) is 3.61. The minimum atomic E-state index is -4.29. The minimum Gasteiger partial charge on any atom is -0.343 e. The lowest BCUT2D eigenvalue weighted by Gasteiger charge is -2.38. The van der Waals surface area contributed by atoms with Crippen LogP contribution in [-0.2, 0) is 9.59 Å². The Kier molecular flexibility index (Phi) is 6.13. The highest BCUT2D eigenvalue weighted by Gasteiger charge is 2.49. The van der Waals surface area contributed by atoms with E-state index in [1.54, 1.807) is 4.90 Å². The molecular formula is C19H29F3N2O2. The molecule has 148 valence electrons. The zero-order valence-electron chi connectivity index (χ0n) is 15.3. The molecule has 0 spiro atoms. The van der Waals surface area contributed by atoms with E-state index in [1.165, 1.54) is 0 Å². The van der Waals surface area contributed by atoms with Gasteiger partial charge in [-0.1, -0.05) is 12.8 Å². The van der Waals surface area contributed by atoms with Crippen molar-refractivity contribution in [3.8, 4) is 0 Å². The molecule has 1 saturated carbocycles. The largest absolute Gasteiger partial charge is 0.392 e. The van der Waals surface area contributed by atoms with Gasteiger partial charge in [0.1, 0.15) is 0 Å². The number of alkyl halides is 3. The van der Waals surface area contributed by atoms with Gasteiger partial charge in [-0.3, -0.25) is 9.59 Å². The van der Waals surface area contributed by atoms with Gasteiger partial charge in [0.25, 0.3) is 0 Å². The highest BCUT2D eigenvalue weighted by molar-refractivity contribution is 5.79. The second-order valence-corrected chi connectivity index (χ2v) is 8.10. The van der Waals surface area contributed by atoms with E-state index < -0.39 is 18.0 Å². The van der Waals surface area contributed by atoms with Crippen molar-refractivity contribution in [2.45, 2.75) is 64.0 Å². The molecular weight excluding hydrogens is 345 g/mol. The molecule has 0 aromatic carbocycles. The van der Waals surface area contributed by atoms with Crippen LogP contribution < -0.4 is 0 Å². The molecule has 3 rings (SSSR count). The summed E-state index contributed by atoms with van der Waals surface area (Å²) in [4.78, 5) is 28.5. The Labute approximate surface area is 153 Å². The van der Waals surface area contributed by atoms with Crippen LogP contribution in [0, 0.1) is 17.8 Å². The molecule has 0 aromatic heterocycles. The van der Waals surface area contributed by atoms with E-state index in [4.69, 9.17) is 0 Å². The number of carbonyl (C=O) groups is 2. The van der Waals surface area contributed by atoms with Crippen LogP contribution >= 0.6 is 0 Å². The fourth-order valence-electron chi connectivity index (χ4n) is 4.75. The van der Waals surface area contributed by atoms with Crippen LogP contribution in [0.1, 0.15) is 57.8 Å². The summed E-state index contributed by atoms with van der Waals surface area (Å²) in [6.07, 6.45) is 1.46. The predicted molar refractivity (Wildman–Crippen MR) is 91.2 cm³/mol. The molecule has 2 heterocycles.